The number of hydrogen-bond acceptors (Lipinski definition) is 3. The molecular formula is C11H11BrF3NO2. The number of carbonyl (C=O) groups excluding carboxylic acids is 1. The van der Waals surface area contributed by atoms with Gasteiger partial charge in [0.25, 0.3) is 0 Å². The van der Waals surface area contributed by atoms with Crippen molar-refractivity contribution in [2.45, 2.75) is 19.1 Å². The van der Waals surface area contributed by atoms with Crippen LogP contribution >= 0.6 is 15.9 Å². The molecule has 1 N–H and O–H groups in total. The molecule has 0 saturated heterocycles. The second-order valence-electron chi connectivity index (χ2n) is 3.58. The van der Waals surface area contributed by atoms with Gasteiger partial charge in [-0.15, -0.1) is 0 Å². The first kappa shape index (κ1) is 14.8. The van der Waals surface area contributed by atoms with Gasteiger partial charge in [-0.1, -0.05) is 15.9 Å². The highest BCUT2D eigenvalue weighted by Crippen LogP contribution is 2.36. The molecule has 0 heterocycles. The number of hydrogen-bond donors (Lipinski definition) is 1. The second-order valence-corrected chi connectivity index (χ2v) is 4.44. The van der Waals surface area contributed by atoms with Gasteiger partial charge in [-0.3, -0.25) is 0 Å². The zero-order valence-electron chi connectivity index (χ0n) is 9.64. The summed E-state index contributed by atoms with van der Waals surface area (Å²) in [7, 11) is 1.21. The van der Waals surface area contributed by atoms with E-state index in [4.69, 9.17) is 0 Å². The Morgan fingerprint density at radius 1 is 1.44 bits per heavy atom. The van der Waals surface area contributed by atoms with Gasteiger partial charge in [0, 0.05) is 10.2 Å². The minimum atomic E-state index is -4.45. The van der Waals surface area contributed by atoms with E-state index in [-0.39, 0.29) is 10.2 Å². The minimum absolute atomic E-state index is 0.0497. The van der Waals surface area contributed by atoms with Crippen molar-refractivity contribution in [3.63, 3.8) is 0 Å². The first-order valence-corrected chi connectivity index (χ1v) is 5.76. The van der Waals surface area contributed by atoms with Crippen molar-refractivity contribution in [2.24, 2.45) is 0 Å². The molecule has 0 aliphatic heterocycles. The number of rotatable bonds is 3. The fourth-order valence-electron chi connectivity index (χ4n) is 1.32. The van der Waals surface area contributed by atoms with E-state index in [0.717, 1.165) is 6.07 Å². The standard InChI is InChI=1S/C11H11BrF3NO2/c1-6(10(17)18-2)16-7-3-4-9(12)8(5-7)11(13,14)15/h3-6,16H,1-2H3. The molecule has 0 aliphatic rings. The maximum atomic E-state index is 12.6. The average molecular weight is 326 g/mol. The van der Waals surface area contributed by atoms with E-state index < -0.39 is 23.8 Å². The van der Waals surface area contributed by atoms with Crippen LogP contribution in [0.2, 0.25) is 0 Å². The predicted molar refractivity (Wildman–Crippen MR) is 64.2 cm³/mol. The summed E-state index contributed by atoms with van der Waals surface area (Å²) in [6.45, 7) is 1.50. The molecule has 3 nitrogen and oxygen atoms in total. The van der Waals surface area contributed by atoms with Crippen LogP contribution in [0.4, 0.5) is 18.9 Å². The summed E-state index contributed by atoms with van der Waals surface area (Å²) in [5.74, 6) is -0.550. The molecule has 0 fully saturated rings. The Balaban J connectivity index is 2.96. The van der Waals surface area contributed by atoms with Crippen molar-refractivity contribution in [3.8, 4) is 0 Å². The molecule has 1 aromatic carbocycles. The van der Waals surface area contributed by atoms with Crippen LogP contribution in [-0.4, -0.2) is 19.1 Å². The van der Waals surface area contributed by atoms with E-state index in [0.29, 0.717) is 0 Å². The Hall–Kier alpha value is -1.24. The maximum absolute atomic E-state index is 12.6. The first-order valence-electron chi connectivity index (χ1n) is 4.97. The molecule has 0 amide bonds. The van der Waals surface area contributed by atoms with Crippen LogP contribution in [0.15, 0.2) is 22.7 Å². The van der Waals surface area contributed by atoms with Gasteiger partial charge in [-0.25, -0.2) is 4.79 Å². The van der Waals surface area contributed by atoms with Crippen LogP contribution in [-0.2, 0) is 15.7 Å². The highest BCUT2D eigenvalue weighted by atomic mass is 79.9. The van der Waals surface area contributed by atoms with E-state index in [2.05, 4.69) is 26.0 Å². The van der Waals surface area contributed by atoms with E-state index in [1.807, 2.05) is 0 Å². The summed E-state index contributed by atoms with van der Waals surface area (Å²) in [5, 5.41) is 2.64. The van der Waals surface area contributed by atoms with Crippen LogP contribution in [0.25, 0.3) is 0 Å². The zero-order valence-corrected chi connectivity index (χ0v) is 11.2. The van der Waals surface area contributed by atoms with Gasteiger partial charge >= 0.3 is 12.1 Å². The Morgan fingerprint density at radius 3 is 2.56 bits per heavy atom. The molecule has 1 rings (SSSR count). The van der Waals surface area contributed by atoms with Crippen LogP contribution in [0.3, 0.4) is 0 Å². The molecule has 0 spiro atoms. The summed E-state index contributed by atoms with van der Waals surface area (Å²) < 4.78 is 42.3. The molecule has 18 heavy (non-hydrogen) atoms. The lowest BCUT2D eigenvalue weighted by Gasteiger charge is -2.15. The van der Waals surface area contributed by atoms with Gasteiger partial charge < -0.3 is 10.1 Å². The van der Waals surface area contributed by atoms with Gasteiger partial charge in [-0.2, -0.15) is 13.2 Å². The van der Waals surface area contributed by atoms with Gasteiger partial charge in [0.2, 0.25) is 0 Å². The number of ether oxygens (including phenoxy) is 1. The molecule has 0 aromatic heterocycles. The summed E-state index contributed by atoms with van der Waals surface area (Å²) in [6.07, 6.45) is -4.45. The Labute approximate surface area is 110 Å². The molecule has 0 radical (unpaired) electrons. The number of carbonyl (C=O) groups is 1. The van der Waals surface area contributed by atoms with Gasteiger partial charge in [0.05, 0.1) is 12.7 Å². The third-order valence-electron chi connectivity index (χ3n) is 2.21. The molecule has 1 aromatic rings. The number of benzene rings is 1. The smallest absolute Gasteiger partial charge is 0.417 e. The van der Waals surface area contributed by atoms with E-state index in [1.165, 1.54) is 26.2 Å². The number of alkyl halides is 3. The molecule has 1 atom stereocenters. The predicted octanol–water partition coefficient (Wildman–Crippen LogP) is 3.44. The molecule has 0 saturated carbocycles. The normalized spacial score (nSPS) is 13.0. The lowest BCUT2D eigenvalue weighted by molar-refractivity contribution is -0.141. The van der Waals surface area contributed by atoms with Crippen LogP contribution in [0.1, 0.15) is 12.5 Å². The Morgan fingerprint density at radius 2 is 2.06 bits per heavy atom. The van der Waals surface area contributed by atoms with Crippen molar-refractivity contribution in [2.75, 3.05) is 12.4 Å². The highest BCUT2D eigenvalue weighted by molar-refractivity contribution is 9.10. The van der Waals surface area contributed by atoms with Gasteiger partial charge in [-0.05, 0) is 25.1 Å². The van der Waals surface area contributed by atoms with E-state index in [1.54, 1.807) is 0 Å². The molecule has 1 unspecified atom stereocenters. The molecule has 0 aliphatic carbocycles. The average Bonchev–Trinajstić information content (AvgIpc) is 2.29. The Kier molecular flexibility index (Phi) is 4.61. The summed E-state index contributed by atoms with van der Waals surface area (Å²) in [6, 6.07) is 2.93. The fraction of sp³-hybridized carbons (Fsp3) is 0.364. The topological polar surface area (TPSA) is 38.3 Å². The first-order chi connectivity index (χ1) is 8.25. The molecule has 100 valence electrons. The number of methoxy groups -OCH3 is 1. The van der Waals surface area contributed by atoms with E-state index in [9.17, 15) is 18.0 Å². The third-order valence-corrected chi connectivity index (χ3v) is 2.90. The highest BCUT2D eigenvalue weighted by Gasteiger charge is 2.33. The number of halogens is 4. The van der Waals surface area contributed by atoms with Gasteiger partial charge in [0.15, 0.2) is 0 Å². The van der Waals surface area contributed by atoms with E-state index >= 15 is 0 Å². The third kappa shape index (κ3) is 3.63. The second kappa shape index (κ2) is 5.60. The van der Waals surface area contributed by atoms with Gasteiger partial charge in [0.1, 0.15) is 6.04 Å². The fourth-order valence-corrected chi connectivity index (χ4v) is 1.79. The molecular weight excluding hydrogens is 315 g/mol. The summed E-state index contributed by atoms with van der Waals surface area (Å²) in [4.78, 5) is 11.1. The van der Waals surface area contributed by atoms with Crippen LogP contribution < -0.4 is 5.32 Å². The summed E-state index contributed by atoms with van der Waals surface area (Å²) in [5.41, 5.74) is -0.604. The lowest BCUT2D eigenvalue weighted by Crippen LogP contribution is -2.27. The number of nitrogens with one attached hydrogen (secondary N) is 1. The molecule has 7 heteroatoms. The SMILES string of the molecule is COC(=O)C(C)Nc1ccc(Br)c(C(F)(F)F)c1. The summed E-state index contributed by atoms with van der Waals surface area (Å²) >= 11 is 2.84. The van der Waals surface area contributed by atoms with Crippen molar-refractivity contribution in [1.82, 2.24) is 0 Å². The number of anilines is 1. The minimum Gasteiger partial charge on any atom is -0.467 e. The van der Waals surface area contributed by atoms with Crippen molar-refractivity contribution in [1.29, 1.82) is 0 Å². The van der Waals surface area contributed by atoms with Crippen molar-refractivity contribution in [3.05, 3.63) is 28.2 Å². The maximum Gasteiger partial charge on any atom is 0.417 e. The van der Waals surface area contributed by atoms with Crippen molar-refractivity contribution < 1.29 is 22.7 Å². The largest absolute Gasteiger partial charge is 0.467 e. The lowest BCUT2D eigenvalue weighted by atomic mass is 10.2. The molecule has 0 bridgehead atoms. The van der Waals surface area contributed by atoms with Crippen molar-refractivity contribution >= 4 is 27.6 Å². The monoisotopic (exact) mass is 325 g/mol. The Bertz CT molecular complexity index is 448. The van der Waals surface area contributed by atoms with Crippen LogP contribution in [0.5, 0.6) is 0 Å². The number of esters is 1. The quantitative estimate of drug-likeness (QED) is 0.865. The van der Waals surface area contributed by atoms with Crippen LogP contribution in [0, 0.1) is 0 Å². The zero-order chi connectivity index (χ0) is 13.9.